The Labute approximate surface area is 156 Å². The number of nitrogens with zero attached hydrogens (tertiary/aromatic N) is 2. The molecule has 1 aromatic carbocycles. The Morgan fingerprint density at radius 3 is 2.63 bits per heavy atom. The van der Waals surface area contributed by atoms with Gasteiger partial charge in [0.1, 0.15) is 0 Å². The summed E-state index contributed by atoms with van der Waals surface area (Å²) in [5.41, 5.74) is 1.18. The van der Waals surface area contributed by atoms with Crippen LogP contribution >= 0.6 is 0 Å². The number of rotatable bonds is 2. The fourth-order valence-corrected chi connectivity index (χ4v) is 5.46. The van der Waals surface area contributed by atoms with Crippen LogP contribution < -0.4 is 0 Å². The van der Waals surface area contributed by atoms with Crippen LogP contribution in [0.5, 0.6) is 0 Å². The van der Waals surface area contributed by atoms with E-state index in [2.05, 4.69) is 4.90 Å². The lowest BCUT2D eigenvalue weighted by Crippen LogP contribution is -2.60. The molecule has 0 unspecified atom stereocenters. The quantitative estimate of drug-likeness (QED) is 0.809. The van der Waals surface area contributed by atoms with Crippen LogP contribution in [0.3, 0.4) is 0 Å². The summed E-state index contributed by atoms with van der Waals surface area (Å²) in [5.74, 6) is -1.22. The zero-order valence-electron chi connectivity index (χ0n) is 15.2. The van der Waals surface area contributed by atoms with Crippen molar-refractivity contribution in [3.63, 3.8) is 0 Å². The average Bonchev–Trinajstić information content (AvgIpc) is 3.30. The SMILES string of the molecule is Cc1ccoc1C(=O)N1C[C@H](c2cccc(F)c2F)[C@@H]2[C@H]1C1CCN2CC1. The molecule has 3 atom stereocenters. The zero-order chi connectivity index (χ0) is 18.7. The maximum atomic E-state index is 14.6. The van der Waals surface area contributed by atoms with Gasteiger partial charge < -0.3 is 9.32 Å². The molecule has 2 aromatic rings. The molecule has 0 aliphatic carbocycles. The van der Waals surface area contributed by atoms with Gasteiger partial charge >= 0.3 is 0 Å². The third-order valence-corrected chi connectivity index (χ3v) is 6.69. The van der Waals surface area contributed by atoms with Crippen LogP contribution in [-0.4, -0.2) is 47.4 Å². The van der Waals surface area contributed by atoms with Crippen LogP contribution in [0.1, 0.15) is 40.4 Å². The second-order valence-corrected chi connectivity index (χ2v) is 7.99. The summed E-state index contributed by atoms with van der Waals surface area (Å²) in [6, 6.07) is 6.20. The minimum absolute atomic E-state index is 0.0252. The molecule has 6 heteroatoms. The van der Waals surface area contributed by atoms with Crippen LogP contribution in [0.15, 0.2) is 34.9 Å². The number of halogens is 2. The zero-order valence-corrected chi connectivity index (χ0v) is 15.2. The summed E-state index contributed by atoms with van der Waals surface area (Å²) in [5, 5.41) is 0. The van der Waals surface area contributed by atoms with E-state index in [1.54, 1.807) is 18.2 Å². The first kappa shape index (κ1) is 16.9. The van der Waals surface area contributed by atoms with Gasteiger partial charge in [0.25, 0.3) is 5.91 Å². The molecule has 4 nitrogen and oxygen atoms in total. The highest BCUT2D eigenvalue weighted by molar-refractivity contribution is 5.93. The van der Waals surface area contributed by atoms with Crippen LogP contribution in [0.25, 0.3) is 0 Å². The molecule has 1 amide bonds. The number of amides is 1. The van der Waals surface area contributed by atoms with Gasteiger partial charge in [-0.25, -0.2) is 8.78 Å². The number of benzene rings is 1. The van der Waals surface area contributed by atoms with Crippen LogP contribution in [0.4, 0.5) is 8.78 Å². The van der Waals surface area contributed by atoms with Crippen LogP contribution in [0.2, 0.25) is 0 Å². The Bertz CT molecular complexity index is 888. The monoisotopic (exact) mass is 372 g/mol. The van der Waals surface area contributed by atoms with Gasteiger partial charge in [0, 0.05) is 24.1 Å². The van der Waals surface area contributed by atoms with E-state index in [0.29, 0.717) is 23.8 Å². The number of hydrogen-bond donors (Lipinski definition) is 0. The van der Waals surface area contributed by atoms with E-state index in [1.807, 2.05) is 11.8 Å². The fourth-order valence-electron chi connectivity index (χ4n) is 5.46. The summed E-state index contributed by atoms with van der Waals surface area (Å²) < 4.78 is 33.9. The van der Waals surface area contributed by atoms with Crippen molar-refractivity contribution in [1.82, 2.24) is 9.80 Å². The molecular weight excluding hydrogens is 350 g/mol. The number of carbonyl (C=O) groups excluding carboxylic acids is 1. The lowest BCUT2D eigenvalue weighted by Gasteiger charge is -2.51. The molecule has 0 radical (unpaired) electrons. The molecule has 5 heterocycles. The van der Waals surface area contributed by atoms with E-state index in [9.17, 15) is 13.6 Å². The predicted octanol–water partition coefficient (Wildman–Crippen LogP) is 3.57. The van der Waals surface area contributed by atoms with Gasteiger partial charge in [-0.3, -0.25) is 9.69 Å². The second-order valence-electron chi connectivity index (χ2n) is 7.99. The summed E-state index contributed by atoms with van der Waals surface area (Å²) >= 11 is 0. The van der Waals surface area contributed by atoms with Gasteiger partial charge in [0.05, 0.1) is 12.3 Å². The molecule has 4 aliphatic rings. The van der Waals surface area contributed by atoms with E-state index in [1.165, 1.54) is 6.26 Å². The highest BCUT2D eigenvalue weighted by Gasteiger charge is 2.55. The summed E-state index contributed by atoms with van der Waals surface area (Å²) in [4.78, 5) is 17.5. The second kappa shape index (κ2) is 6.16. The van der Waals surface area contributed by atoms with Gasteiger partial charge in [-0.05, 0) is 56.5 Å². The van der Waals surface area contributed by atoms with Crippen molar-refractivity contribution in [3.05, 3.63) is 59.1 Å². The van der Waals surface area contributed by atoms with Crippen LogP contribution in [-0.2, 0) is 0 Å². The van der Waals surface area contributed by atoms with E-state index in [4.69, 9.17) is 4.42 Å². The average molecular weight is 372 g/mol. The van der Waals surface area contributed by atoms with E-state index in [0.717, 1.165) is 37.6 Å². The van der Waals surface area contributed by atoms with Crippen molar-refractivity contribution in [3.8, 4) is 0 Å². The topological polar surface area (TPSA) is 36.7 Å². The first-order valence-corrected chi connectivity index (χ1v) is 9.59. The number of hydrogen-bond acceptors (Lipinski definition) is 3. The number of fused-ring (bicyclic) bond motifs is 2. The molecule has 142 valence electrons. The van der Waals surface area contributed by atoms with Gasteiger partial charge in [-0.1, -0.05) is 12.1 Å². The summed E-state index contributed by atoms with van der Waals surface area (Å²) in [6.45, 7) is 4.16. The highest BCUT2D eigenvalue weighted by Crippen LogP contribution is 2.47. The Kier molecular flexibility index (Phi) is 3.86. The van der Waals surface area contributed by atoms with E-state index >= 15 is 0 Å². The Hall–Kier alpha value is -2.21. The molecule has 0 spiro atoms. The molecule has 4 fully saturated rings. The minimum atomic E-state index is -0.827. The van der Waals surface area contributed by atoms with Crippen molar-refractivity contribution in [1.29, 1.82) is 0 Å². The highest BCUT2D eigenvalue weighted by atomic mass is 19.2. The van der Waals surface area contributed by atoms with Crippen molar-refractivity contribution in [2.75, 3.05) is 19.6 Å². The number of likely N-dealkylation sites (tertiary alicyclic amines) is 1. The molecular formula is C21H22F2N2O2. The normalized spacial score (nSPS) is 32.0. The first-order valence-electron chi connectivity index (χ1n) is 9.59. The van der Waals surface area contributed by atoms with E-state index < -0.39 is 11.6 Å². The molecule has 2 bridgehead atoms. The van der Waals surface area contributed by atoms with Gasteiger partial charge in [0.2, 0.25) is 0 Å². The molecule has 1 aromatic heterocycles. The van der Waals surface area contributed by atoms with E-state index in [-0.39, 0.29) is 23.9 Å². The Morgan fingerprint density at radius 2 is 1.93 bits per heavy atom. The third-order valence-electron chi connectivity index (χ3n) is 6.69. The first-order chi connectivity index (χ1) is 13.1. The van der Waals surface area contributed by atoms with Gasteiger partial charge in [-0.15, -0.1) is 0 Å². The Morgan fingerprint density at radius 1 is 1.15 bits per heavy atom. The van der Waals surface area contributed by atoms with Crippen molar-refractivity contribution in [2.45, 2.75) is 37.8 Å². The number of carbonyl (C=O) groups is 1. The molecule has 0 N–H and O–H groups in total. The number of aryl methyl sites for hydroxylation is 1. The molecule has 4 saturated heterocycles. The third kappa shape index (κ3) is 2.46. The maximum Gasteiger partial charge on any atom is 0.290 e. The maximum absolute atomic E-state index is 14.6. The lowest BCUT2D eigenvalue weighted by atomic mass is 9.75. The van der Waals surface area contributed by atoms with Gasteiger partial charge in [-0.2, -0.15) is 0 Å². The molecule has 0 saturated carbocycles. The molecule has 27 heavy (non-hydrogen) atoms. The van der Waals surface area contributed by atoms with Crippen molar-refractivity contribution in [2.24, 2.45) is 5.92 Å². The Balaban J connectivity index is 1.57. The van der Waals surface area contributed by atoms with Crippen LogP contribution in [0, 0.1) is 24.5 Å². The lowest BCUT2D eigenvalue weighted by molar-refractivity contribution is -0.00449. The largest absolute Gasteiger partial charge is 0.459 e. The standard InChI is InChI=1S/C21H22F2N2O2/c1-12-7-10-27-20(12)21(26)25-11-15(14-3-2-4-16(22)17(14)23)19-18(25)13-5-8-24(19)9-6-13/h2-4,7,10,13,15,18-19H,5-6,8-9,11H2,1H3/t15-,18-,19-/m1/s1. The number of piperidine rings is 3. The van der Waals surface area contributed by atoms with Crippen molar-refractivity contribution >= 4 is 5.91 Å². The summed E-state index contributed by atoms with van der Waals surface area (Å²) in [6.07, 6.45) is 3.61. The summed E-state index contributed by atoms with van der Waals surface area (Å²) in [7, 11) is 0. The smallest absolute Gasteiger partial charge is 0.290 e. The van der Waals surface area contributed by atoms with Gasteiger partial charge in [0.15, 0.2) is 17.4 Å². The minimum Gasteiger partial charge on any atom is -0.459 e. The molecule has 4 aliphatic heterocycles. The van der Waals surface area contributed by atoms with Crippen molar-refractivity contribution < 1.29 is 18.0 Å². The number of furan rings is 1. The molecule has 6 rings (SSSR count). The predicted molar refractivity (Wildman–Crippen MR) is 95.5 cm³/mol. The fraction of sp³-hybridized carbons (Fsp3) is 0.476.